The highest BCUT2D eigenvalue weighted by atomic mass is 16.5. The molecule has 0 bridgehead atoms. The number of amides is 1. The molecule has 0 spiro atoms. The largest absolute Gasteiger partial charge is 0.381 e. The number of nitriles is 1. The van der Waals surface area contributed by atoms with Crippen LogP contribution in [0.1, 0.15) is 19.8 Å². The topological polar surface area (TPSA) is 53.3 Å². The Morgan fingerprint density at radius 1 is 1.62 bits per heavy atom. The van der Waals surface area contributed by atoms with Crippen molar-refractivity contribution in [1.29, 1.82) is 5.26 Å². The van der Waals surface area contributed by atoms with Gasteiger partial charge in [-0.1, -0.05) is 6.08 Å². The highest BCUT2D eigenvalue weighted by molar-refractivity contribution is 5.85. The van der Waals surface area contributed by atoms with Crippen LogP contribution in [0.3, 0.4) is 0 Å². The second-order valence-corrected chi connectivity index (χ2v) is 3.94. The van der Waals surface area contributed by atoms with E-state index >= 15 is 0 Å². The van der Waals surface area contributed by atoms with Crippen molar-refractivity contribution in [3.63, 3.8) is 0 Å². The third kappa shape index (κ3) is 2.42. The first kappa shape index (κ1) is 12.7. The molecule has 1 heterocycles. The summed E-state index contributed by atoms with van der Waals surface area (Å²) in [6.07, 6.45) is 2.68. The number of nitrogens with zero attached hydrogens (tertiary/aromatic N) is 2. The van der Waals surface area contributed by atoms with Crippen LogP contribution in [0.25, 0.3) is 0 Å². The van der Waals surface area contributed by atoms with Gasteiger partial charge in [0, 0.05) is 26.3 Å². The molecule has 1 aliphatic rings. The van der Waals surface area contributed by atoms with Crippen LogP contribution in [0.4, 0.5) is 0 Å². The molecule has 0 aromatic heterocycles. The molecule has 0 atom stereocenters. The fourth-order valence-corrected chi connectivity index (χ4v) is 1.91. The fraction of sp³-hybridized carbons (Fsp3) is 0.667. The Morgan fingerprint density at radius 3 is 2.69 bits per heavy atom. The van der Waals surface area contributed by atoms with Crippen molar-refractivity contribution in [3.05, 3.63) is 12.7 Å². The van der Waals surface area contributed by atoms with E-state index in [2.05, 4.69) is 12.6 Å². The van der Waals surface area contributed by atoms with Gasteiger partial charge >= 0.3 is 0 Å². The maximum atomic E-state index is 12.3. The number of hydrogen-bond donors (Lipinski definition) is 0. The molecule has 0 saturated carbocycles. The molecular formula is C12H18N2O2. The van der Waals surface area contributed by atoms with Crippen LogP contribution in [-0.2, 0) is 9.53 Å². The zero-order chi connectivity index (χ0) is 12.0. The Kier molecular flexibility index (Phi) is 4.51. The summed E-state index contributed by atoms with van der Waals surface area (Å²) < 4.78 is 5.21. The fourth-order valence-electron chi connectivity index (χ4n) is 1.91. The second kappa shape index (κ2) is 5.66. The number of carbonyl (C=O) groups is 1. The predicted octanol–water partition coefficient (Wildman–Crippen LogP) is 1.34. The van der Waals surface area contributed by atoms with E-state index in [1.165, 1.54) is 0 Å². The number of carbonyl (C=O) groups excluding carboxylic acids is 1. The molecule has 0 aliphatic carbocycles. The van der Waals surface area contributed by atoms with E-state index in [1.54, 1.807) is 11.0 Å². The summed E-state index contributed by atoms with van der Waals surface area (Å²) in [6.45, 7) is 7.62. The molecule has 4 nitrogen and oxygen atoms in total. The standard InChI is InChI=1S/C12H18N2O2/c1-3-7-14(4-2)11(15)12(10-13)5-8-16-9-6-12/h3H,1,4-9H2,2H3. The minimum absolute atomic E-state index is 0.0827. The van der Waals surface area contributed by atoms with Gasteiger partial charge in [-0.2, -0.15) is 5.26 Å². The average Bonchev–Trinajstić information content (AvgIpc) is 2.36. The van der Waals surface area contributed by atoms with Crippen molar-refractivity contribution in [2.24, 2.45) is 5.41 Å². The zero-order valence-corrected chi connectivity index (χ0v) is 9.74. The quantitative estimate of drug-likeness (QED) is 0.674. The third-order valence-electron chi connectivity index (χ3n) is 2.99. The lowest BCUT2D eigenvalue weighted by atomic mass is 9.80. The Morgan fingerprint density at radius 2 is 2.25 bits per heavy atom. The smallest absolute Gasteiger partial charge is 0.243 e. The van der Waals surface area contributed by atoms with Gasteiger partial charge < -0.3 is 9.64 Å². The molecule has 1 aliphatic heterocycles. The number of likely N-dealkylation sites (N-methyl/N-ethyl adjacent to an activating group) is 1. The first-order valence-corrected chi connectivity index (χ1v) is 5.59. The molecule has 0 unspecified atom stereocenters. The zero-order valence-electron chi connectivity index (χ0n) is 9.74. The molecule has 16 heavy (non-hydrogen) atoms. The summed E-state index contributed by atoms with van der Waals surface area (Å²) in [5.41, 5.74) is -0.878. The first-order valence-electron chi connectivity index (χ1n) is 5.59. The van der Waals surface area contributed by atoms with E-state index < -0.39 is 5.41 Å². The second-order valence-electron chi connectivity index (χ2n) is 3.94. The van der Waals surface area contributed by atoms with E-state index in [0.717, 1.165) is 0 Å². The Bertz CT molecular complexity index is 301. The lowest BCUT2D eigenvalue weighted by Crippen LogP contribution is -2.46. The first-order chi connectivity index (χ1) is 7.70. The van der Waals surface area contributed by atoms with Gasteiger partial charge in [0.05, 0.1) is 6.07 Å². The maximum absolute atomic E-state index is 12.3. The summed E-state index contributed by atoms with van der Waals surface area (Å²) >= 11 is 0. The average molecular weight is 222 g/mol. The SMILES string of the molecule is C=CCN(CC)C(=O)C1(C#N)CCOCC1. The van der Waals surface area contributed by atoms with Gasteiger partial charge in [0.1, 0.15) is 5.41 Å². The van der Waals surface area contributed by atoms with Crippen LogP contribution in [0, 0.1) is 16.7 Å². The van der Waals surface area contributed by atoms with Crippen molar-refractivity contribution in [1.82, 2.24) is 4.90 Å². The Labute approximate surface area is 96.5 Å². The van der Waals surface area contributed by atoms with Crippen molar-refractivity contribution in [3.8, 4) is 6.07 Å². The van der Waals surface area contributed by atoms with E-state index in [-0.39, 0.29) is 5.91 Å². The third-order valence-corrected chi connectivity index (χ3v) is 2.99. The lowest BCUT2D eigenvalue weighted by molar-refractivity contribution is -0.142. The van der Waals surface area contributed by atoms with Gasteiger partial charge in [0.15, 0.2) is 0 Å². The van der Waals surface area contributed by atoms with E-state index in [1.807, 2.05) is 6.92 Å². The minimum atomic E-state index is -0.878. The van der Waals surface area contributed by atoms with Gasteiger partial charge in [0.25, 0.3) is 0 Å². The van der Waals surface area contributed by atoms with Gasteiger partial charge in [-0.15, -0.1) is 6.58 Å². The van der Waals surface area contributed by atoms with E-state index in [9.17, 15) is 10.1 Å². The number of rotatable bonds is 4. The van der Waals surface area contributed by atoms with E-state index in [4.69, 9.17) is 4.74 Å². The Hall–Kier alpha value is -1.34. The summed E-state index contributed by atoms with van der Waals surface area (Å²) in [5, 5.41) is 9.25. The minimum Gasteiger partial charge on any atom is -0.381 e. The number of hydrogen-bond acceptors (Lipinski definition) is 3. The molecule has 1 saturated heterocycles. The number of ether oxygens (including phenoxy) is 1. The molecular weight excluding hydrogens is 204 g/mol. The molecule has 88 valence electrons. The van der Waals surface area contributed by atoms with Crippen LogP contribution < -0.4 is 0 Å². The van der Waals surface area contributed by atoms with Crippen LogP contribution in [0.2, 0.25) is 0 Å². The summed E-state index contributed by atoms with van der Waals surface area (Å²) in [6, 6.07) is 2.18. The van der Waals surface area contributed by atoms with Crippen LogP contribution >= 0.6 is 0 Å². The molecule has 0 aromatic carbocycles. The van der Waals surface area contributed by atoms with Gasteiger partial charge in [-0.3, -0.25) is 4.79 Å². The molecule has 4 heteroatoms. The highest BCUT2D eigenvalue weighted by Gasteiger charge is 2.42. The van der Waals surface area contributed by atoms with Gasteiger partial charge in [-0.05, 0) is 19.8 Å². The van der Waals surface area contributed by atoms with Crippen molar-refractivity contribution >= 4 is 5.91 Å². The highest BCUT2D eigenvalue weighted by Crippen LogP contribution is 2.31. The van der Waals surface area contributed by atoms with Crippen molar-refractivity contribution < 1.29 is 9.53 Å². The van der Waals surface area contributed by atoms with E-state index in [0.29, 0.717) is 39.1 Å². The normalized spacial score (nSPS) is 18.5. The molecule has 0 N–H and O–H groups in total. The lowest BCUT2D eigenvalue weighted by Gasteiger charge is -2.33. The van der Waals surface area contributed by atoms with Crippen molar-refractivity contribution in [2.75, 3.05) is 26.3 Å². The van der Waals surface area contributed by atoms with Gasteiger partial charge in [-0.25, -0.2) is 0 Å². The maximum Gasteiger partial charge on any atom is 0.243 e. The summed E-state index contributed by atoms with van der Waals surface area (Å²) in [4.78, 5) is 13.9. The summed E-state index contributed by atoms with van der Waals surface area (Å²) in [7, 11) is 0. The Balaban J connectivity index is 2.82. The summed E-state index contributed by atoms with van der Waals surface area (Å²) in [5.74, 6) is -0.0827. The van der Waals surface area contributed by atoms with Crippen LogP contribution in [0.15, 0.2) is 12.7 Å². The molecule has 1 fully saturated rings. The van der Waals surface area contributed by atoms with Crippen LogP contribution in [-0.4, -0.2) is 37.1 Å². The molecule has 0 radical (unpaired) electrons. The van der Waals surface area contributed by atoms with Crippen molar-refractivity contribution in [2.45, 2.75) is 19.8 Å². The molecule has 0 aromatic rings. The van der Waals surface area contributed by atoms with Crippen LogP contribution in [0.5, 0.6) is 0 Å². The molecule has 1 amide bonds. The van der Waals surface area contributed by atoms with Gasteiger partial charge in [0.2, 0.25) is 5.91 Å². The monoisotopic (exact) mass is 222 g/mol. The molecule has 1 rings (SSSR count). The predicted molar refractivity (Wildman–Crippen MR) is 60.6 cm³/mol.